The van der Waals surface area contributed by atoms with E-state index in [0.29, 0.717) is 11.5 Å². The first kappa shape index (κ1) is 26.2. The number of benzene rings is 3. The fraction of sp³-hybridized carbons (Fsp3) is 0.438. The summed E-state index contributed by atoms with van der Waals surface area (Å²) in [7, 11) is 0. The Bertz CT molecular complexity index is 1090. The molecule has 3 aromatic carbocycles. The number of halogens is 2. The van der Waals surface area contributed by atoms with E-state index in [9.17, 15) is 8.78 Å². The molecule has 0 heterocycles. The predicted molar refractivity (Wildman–Crippen MR) is 143 cm³/mol. The van der Waals surface area contributed by atoms with E-state index in [1.165, 1.54) is 50.2 Å². The van der Waals surface area contributed by atoms with Crippen molar-refractivity contribution < 1.29 is 18.3 Å². The molecule has 1 saturated carbocycles. The summed E-state index contributed by atoms with van der Waals surface area (Å²) in [5.74, 6) is -0.563. The minimum Gasteiger partial charge on any atom is -0.491 e. The van der Waals surface area contributed by atoms with E-state index in [4.69, 9.17) is 9.47 Å². The SMILES string of the molecule is CCCCCc1ccc(OC(c2ccc(-c3ccc(OCC)c(F)c3F)cc2)C2CCCCC2)cc1. The van der Waals surface area contributed by atoms with Crippen molar-refractivity contribution in [2.24, 2.45) is 5.92 Å². The lowest BCUT2D eigenvalue weighted by atomic mass is 9.82. The normalized spacial score (nSPS) is 15.0. The molecule has 1 fully saturated rings. The van der Waals surface area contributed by atoms with Crippen LogP contribution in [0.2, 0.25) is 0 Å². The molecule has 0 bridgehead atoms. The fourth-order valence-electron chi connectivity index (χ4n) is 5.21. The van der Waals surface area contributed by atoms with E-state index >= 15 is 0 Å². The van der Waals surface area contributed by atoms with Crippen LogP contribution in [-0.2, 0) is 6.42 Å². The van der Waals surface area contributed by atoms with Crippen molar-refractivity contribution in [3.63, 3.8) is 0 Å². The first-order chi connectivity index (χ1) is 17.6. The van der Waals surface area contributed by atoms with Gasteiger partial charge in [-0.15, -0.1) is 0 Å². The van der Waals surface area contributed by atoms with Crippen molar-refractivity contribution in [1.82, 2.24) is 0 Å². The molecule has 0 spiro atoms. The summed E-state index contributed by atoms with van der Waals surface area (Å²) < 4.78 is 41.0. The second-order valence-corrected chi connectivity index (χ2v) is 9.83. The molecule has 1 aliphatic carbocycles. The van der Waals surface area contributed by atoms with Crippen molar-refractivity contribution in [3.05, 3.63) is 83.4 Å². The number of aryl methyl sites for hydroxylation is 1. The Morgan fingerprint density at radius 3 is 2.19 bits per heavy atom. The van der Waals surface area contributed by atoms with Crippen LogP contribution in [-0.4, -0.2) is 6.61 Å². The van der Waals surface area contributed by atoms with E-state index in [0.717, 1.165) is 30.6 Å². The lowest BCUT2D eigenvalue weighted by Crippen LogP contribution is -2.21. The molecule has 0 amide bonds. The molecule has 36 heavy (non-hydrogen) atoms. The maximum atomic E-state index is 14.8. The number of hydrogen-bond donors (Lipinski definition) is 0. The number of ether oxygens (including phenoxy) is 2. The molecule has 3 aromatic rings. The summed E-state index contributed by atoms with van der Waals surface area (Å²) in [6.07, 6.45) is 10.7. The molecular formula is C32H38F2O2. The van der Waals surface area contributed by atoms with E-state index in [1.807, 2.05) is 24.3 Å². The van der Waals surface area contributed by atoms with Crippen LogP contribution in [0.5, 0.6) is 11.5 Å². The van der Waals surface area contributed by atoms with Crippen LogP contribution in [0, 0.1) is 17.6 Å². The van der Waals surface area contributed by atoms with Crippen molar-refractivity contribution in [2.75, 3.05) is 6.61 Å². The standard InChI is InChI=1S/C32H38F2O2/c1-3-5-7-10-23-13-19-27(20-14-23)36-32(25-11-8-6-9-12-25)26-17-15-24(16-18-26)28-21-22-29(35-4-2)31(34)30(28)33/h13-22,25,32H,3-12H2,1-2H3. The summed E-state index contributed by atoms with van der Waals surface area (Å²) in [6.45, 7) is 4.26. The first-order valence-corrected chi connectivity index (χ1v) is 13.6. The van der Waals surface area contributed by atoms with E-state index in [1.54, 1.807) is 13.0 Å². The van der Waals surface area contributed by atoms with Gasteiger partial charge in [0.05, 0.1) is 6.61 Å². The number of hydrogen-bond acceptors (Lipinski definition) is 2. The molecular weight excluding hydrogens is 454 g/mol. The molecule has 0 aliphatic heterocycles. The zero-order valence-corrected chi connectivity index (χ0v) is 21.6. The molecule has 0 aromatic heterocycles. The van der Waals surface area contributed by atoms with Crippen LogP contribution in [0.15, 0.2) is 60.7 Å². The Labute approximate surface area is 214 Å². The molecule has 1 unspecified atom stereocenters. The van der Waals surface area contributed by atoms with Gasteiger partial charge in [-0.05, 0) is 73.6 Å². The van der Waals surface area contributed by atoms with Gasteiger partial charge in [0, 0.05) is 11.5 Å². The highest BCUT2D eigenvalue weighted by Crippen LogP contribution is 2.39. The number of unbranched alkanes of at least 4 members (excludes halogenated alkanes) is 2. The minimum absolute atomic E-state index is 0.0579. The maximum Gasteiger partial charge on any atom is 0.201 e. The Hall–Kier alpha value is -2.88. The molecule has 0 saturated heterocycles. The monoisotopic (exact) mass is 492 g/mol. The molecule has 0 radical (unpaired) electrons. The van der Waals surface area contributed by atoms with Crippen LogP contribution in [0.4, 0.5) is 8.78 Å². The average Bonchev–Trinajstić information content (AvgIpc) is 2.92. The van der Waals surface area contributed by atoms with Crippen molar-refractivity contribution in [1.29, 1.82) is 0 Å². The van der Waals surface area contributed by atoms with Gasteiger partial charge in [-0.25, -0.2) is 4.39 Å². The molecule has 2 nitrogen and oxygen atoms in total. The topological polar surface area (TPSA) is 18.5 Å². The van der Waals surface area contributed by atoms with Gasteiger partial charge in [-0.1, -0.05) is 75.4 Å². The summed E-state index contributed by atoms with van der Waals surface area (Å²) in [6, 6.07) is 19.3. The molecule has 0 N–H and O–H groups in total. The quantitative estimate of drug-likeness (QED) is 0.248. The summed E-state index contributed by atoms with van der Waals surface area (Å²) in [5.41, 5.74) is 3.29. The third kappa shape index (κ3) is 6.46. The van der Waals surface area contributed by atoms with Crippen molar-refractivity contribution in [2.45, 2.75) is 77.7 Å². The van der Waals surface area contributed by atoms with Gasteiger partial charge in [-0.3, -0.25) is 0 Å². The van der Waals surface area contributed by atoms with Gasteiger partial charge in [0.1, 0.15) is 11.9 Å². The van der Waals surface area contributed by atoms with Crippen LogP contribution < -0.4 is 9.47 Å². The zero-order chi connectivity index (χ0) is 25.3. The van der Waals surface area contributed by atoms with Gasteiger partial charge < -0.3 is 9.47 Å². The van der Waals surface area contributed by atoms with Crippen LogP contribution in [0.1, 0.15) is 82.4 Å². The van der Waals surface area contributed by atoms with E-state index < -0.39 is 11.6 Å². The Morgan fingerprint density at radius 1 is 0.806 bits per heavy atom. The average molecular weight is 493 g/mol. The van der Waals surface area contributed by atoms with Crippen molar-refractivity contribution >= 4 is 0 Å². The molecule has 192 valence electrons. The fourth-order valence-corrected chi connectivity index (χ4v) is 5.21. The van der Waals surface area contributed by atoms with Gasteiger partial charge in [-0.2, -0.15) is 4.39 Å². The predicted octanol–water partition coefficient (Wildman–Crippen LogP) is 9.46. The Morgan fingerprint density at radius 2 is 1.53 bits per heavy atom. The number of rotatable bonds is 11. The summed E-state index contributed by atoms with van der Waals surface area (Å²) in [5, 5.41) is 0. The summed E-state index contributed by atoms with van der Waals surface area (Å²) >= 11 is 0. The first-order valence-electron chi connectivity index (χ1n) is 13.6. The van der Waals surface area contributed by atoms with Gasteiger partial charge in [0.2, 0.25) is 5.82 Å². The second-order valence-electron chi connectivity index (χ2n) is 9.83. The zero-order valence-electron chi connectivity index (χ0n) is 21.6. The molecule has 4 heteroatoms. The Kier molecular flexibility index (Phi) is 9.38. The van der Waals surface area contributed by atoms with Gasteiger partial charge in [0.25, 0.3) is 0 Å². The third-order valence-electron chi connectivity index (χ3n) is 7.23. The second kappa shape index (κ2) is 12.9. The van der Waals surface area contributed by atoms with Crippen molar-refractivity contribution in [3.8, 4) is 22.6 Å². The lowest BCUT2D eigenvalue weighted by Gasteiger charge is -2.31. The van der Waals surface area contributed by atoms with Gasteiger partial charge in [0.15, 0.2) is 11.6 Å². The highest BCUT2D eigenvalue weighted by atomic mass is 19.2. The van der Waals surface area contributed by atoms with Crippen LogP contribution >= 0.6 is 0 Å². The largest absolute Gasteiger partial charge is 0.491 e. The van der Waals surface area contributed by atoms with E-state index in [-0.39, 0.29) is 24.0 Å². The smallest absolute Gasteiger partial charge is 0.201 e. The highest BCUT2D eigenvalue weighted by Gasteiger charge is 2.27. The highest BCUT2D eigenvalue weighted by molar-refractivity contribution is 5.65. The minimum atomic E-state index is -0.944. The third-order valence-corrected chi connectivity index (χ3v) is 7.23. The lowest BCUT2D eigenvalue weighted by molar-refractivity contribution is 0.108. The van der Waals surface area contributed by atoms with Gasteiger partial charge >= 0.3 is 0 Å². The summed E-state index contributed by atoms with van der Waals surface area (Å²) in [4.78, 5) is 0. The maximum absolute atomic E-state index is 14.8. The molecule has 1 aliphatic rings. The molecule has 4 rings (SSSR count). The van der Waals surface area contributed by atoms with Crippen LogP contribution in [0.3, 0.4) is 0 Å². The molecule has 1 atom stereocenters. The van der Waals surface area contributed by atoms with Crippen LogP contribution in [0.25, 0.3) is 11.1 Å². The Balaban J connectivity index is 1.54. The van der Waals surface area contributed by atoms with E-state index in [2.05, 4.69) is 31.2 Å².